The summed E-state index contributed by atoms with van der Waals surface area (Å²) >= 11 is 5.94. The van der Waals surface area contributed by atoms with Crippen molar-refractivity contribution in [2.24, 2.45) is 14.1 Å². The molecule has 0 saturated carbocycles. The fourth-order valence-corrected chi connectivity index (χ4v) is 4.00. The Labute approximate surface area is 183 Å². The molecule has 1 atom stereocenters. The summed E-state index contributed by atoms with van der Waals surface area (Å²) in [5, 5.41) is 0.670. The summed E-state index contributed by atoms with van der Waals surface area (Å²) in [6.45, 7) is 0.502. The molecule has 31 heavy (non-hydrogen) atoms. The number of rotatable bonds is 4. The Morgan fingerprint density at radius 3 is 2.65 bits per heavy atom. The van der Waals surface area contributed by atoms with Crippen LogP contribution < -0.4 is 11.2 Å². The van der Waals surface area contributed by atoms with Gasteiger partial charge in [-0.2, -0.15) is 0 Å². The van der Waals surface area contributed by atoms with E-state index in [4.69, 9.17) is 16.0 Å². The first-order chi connectivity index (χ1) is 14.8. The van der Waals surface area contributed by atoms with Crippen molar-refractivity contribution in [1.82, 2.24) is 19.0 Å². The minimum Gasteiger partial charge on any atom is -0.443 e. The van der Waals surface area contributed by atoms with E-state index in [0.717, 1.165) is 23.0 Å². The quantitative estimate of drug-likeness (QED) is 0.619. The number of halogens is 1. The number of aromatic nitrogens is 3. The highest BCUT2D eigenvalue weighted by molar-refractivity contribution is 6.30. The number of oxazole rings is 1. The lowest BCUT2D eigenvalue weighted by atomic mass is 10.0. The summed E-state index contributed by atoms with van der Waals surface area (Å²) in [5.74, 6) is 0.779. The van der Waals surface area contributed by atoms with Crippen molar-refractivity contribution < 1.29 is 9.21 Å². The summed E-state index contributed by atoms with van der Waals surface area (Å²) in [4.78, 5) is 43.7. The van der Waals surface area contributed by atoms with Crippen molar-refractivity contribution in [3.63, 3.8) is 0 Å². The number of hydrogen-bond acceptors (Lipinski definition) is 5. The molecule has 1 amide bonds. The van der Waals surface area contributed by atoms with Gasteiger partial charge < -0.3 is 9.32 Å². The molecule has 8 nitrogen and oxygen atoms in total. The number of carbonyl (C=O) groups excluding carboxylic acids is 1. The Balaban J connectivity index is 1.61. The van der Waals surface area contributed by atoms with Gasteiger partial charge in [0.25, 0.3) is 11.5 Å². The first-order valence-corrected chi connectivity index (χ1v) is 10.5. The van der Waals surface area contributed by atoms with Gasteiger partial charge in [0.15, 0.2) is 0 Å². The van der Waals surface area contributed by atoms with E-state index in [1.165, 1.54) is 24.7 Å². The van der Waals surface area contributed by atoms with Crippen LogP contribution in [-0.4, -0.2) is 31.5 Å². The van der Waals surface area contributed by atoms with E-state index in [1.807, 2.05) is 24.3 Å². The molecule has 2 aromatic heterocycles. The lowest BCUT2D eigenvalue weighted by Crippen LogP contribution is -2.44. The van der Waals surface area contributed by atoms with Crippen LogP contribution in [0.25, 0.3) is 0 Å². The van der Waals surface area contributed by atoms with Crippen molar-refractivity contribution in [3.05, 3.63) is 85.3 Å². The standard InChI is InChI=1S/C22H23ClN4O4/c1-25-18(12-19(28)26(2)22(25)30)21(29)27-10-4-3-5-17(27)20-24-13-16(31-20)11-14-6-8-15(23)9-7-14/h6-9,12-13,17H,3-5,10-11H2,1-2H3/t17-/m1/s1. The molecule has 3 heterocycles. The third-order valence-electron chi connectivity index (χ3n) is 5.66. The zero-order valence-corrected chi connectivity index (χ0v) is 18.1. The second kappa shape index (κ2) is 8.55. The maximum atomic E-state index is 13.3. The van der Waals surface area contributed by atoms with Crippen LogP contribution in [0.1, 0.15) is 53.0 Å². The SMILES string of the molecule is Cn1c(C(=O)N2CCCC[C@@H]2c2ncc(Cc3ccc(Cl)cc3)o2)cc(=O)n(C)c1=O. The average Bonchev–Trinajstić information content (AvgIpc) is 3.24. The summed E-state index contributed by atoms with van der Waals surface area (Å²) < 4.78 is 8.18. The van der Waals surface area contributed by atoms with E-state index >= 15 is 0 Å². The molecule has 0 radical (unpaired) electrons. The van der Waals surface area contributed by atoms with Gasteiger partial charge in [0, 0.05) is 38.1 Å². The summed E-state index contributed by atoms with van der Waals surface area (Å²) in [7, 11) is 2.88. The van der Waals surface area contributed by atoms with Crippen LogP contribution in [0.5, 0.6) is 0 Å². The van der Waals surface area contributed by atoms with Crippen molar-refractivity contribution in [2.45, 2.75) is 31.7 Å². The summed E-state index contributed by atoms with van der Waals surface area (Å²) in [5.41, 5.74) is 0.0546. The molecule has 0 bridgehead atoms. The molecule has 3 aromatic rings. The Hall–Kier alpha value is -3.13. The second-order valence-electron chi connectivity index (χ2n) is 7.75. The molecule has 0 unspecified atom stereocenters. The molecule has 1 aromatic carbocycles. The molecular weight excluding hydrogens is 420 g/mol. The van der Waals surface area contributed by atoms with Gasteiger partial charge in [0.05, 0.1) is 6.20 Å². The molecule has 1 aliphatic rings. The average molecular weight is 443 g/mol. The minimum absolute atomic E-state index is 0.0629. The molecule has 1 saturated heterocycles. The molecule has 0 N–H and O–H groups in total. The van der Waals surface area contributed by atoms with E-state index in [9.17, 15) is 14.4 Å². The number of hydrogen-bond donors (Lipinski definition) is 0. The maximum Gasteiger partial charge on any atom is 0.331 e. The molecule has 4 rings (SSSR count). The van der Waals surface area contributed by atoms with E-state index in [0.29, 0.717) is 36.1 Å². The number of piperidine rings is 1. The van der Waals surface area contributed by atoms with Gasteiger partial charge >= 0.3 is 5.69 Å². The highest BCUT2D eigenvalue weighted by atomic mass is 35.5. The van der Waals surface area contributed by atoms with Gasteiger partial charge in [-0.15, -0.1) is 0 Å². The zero-order chi connectivity index (χ0) is 22.1. The van der Waals surface area contributed by atoms with Crippen LogP contribution in [-0.2, 0) is 20.5 Å². The highest BCUT2D eigenvalue weighted by Crippen LogP contribution is 2.32. The summed E-state index contributed by atoms with van der Waals surface area (Å²) in [6, 6.07) is 8.36. The second-order valence-corrected chi connectivity index (χ2v) is 8.18. The third-order valence-corrected chi connectivity index (χ3v) is 5.91. The largest absolute Gasteiger partial charge is 0.443 e. The number of likely N-dealkylation sites (tertiary alicyclic amines) is 1. The van der Waals surface area contributed by atoms with Gasteiger partial charge in [-0.25, -0.2) is 9.78 Å². The van der Waals surface area contributed by atoms with Gasteiger partial charge in [-0.05, 0) is 37.0 Å². The first-order valence-electron chi connectivity index (χ1n) is 10.1. The van der Waals surface area contributed by atoms with E-state index in [2.05, 4.69) is 4.98 Å². The van der Waals surface area contributed by atoms with Crippen molar-refractivity contribution in [1.29, 1.82) is 0 Å². The lowest BCUT2D eigenvalue weighted by Gasteiger charge is -2.34. The number of amides is 1. The molecule has 0 aliphatic carbocycles. The van der Waals surface area contributed by atoms with E-state index in [-0.39, 0.29) is 17.6 Å². The maximum absolute atomic E-state index is 13.3. The van der Waals surface area contributed by atoms with Gasteiger partial charge in [0.2, 0.25) is 5.89 Å². The molecular formula is C22H23ClN4O4. The number of carbonyl (C=O) groups is 1. The summed E-state index contributed by atoms with van der Waals surface area (Å²) in [6.07, 6.45) is 4.70. The lowest BCUT2D eigenvalue weighted by molar-refractivity contribution is 0.0558. The minimum atomic E-state index is -0.536. The van der Waals surface area contributed by atoms with Crippen molar-refractivity contribution >= 4 is 17.5 Å². The molecule has 1 aliphatic heterocycles. The van der Waals surface area contributed by atoms with Crippen LogP contribution in [0.3, 0.4) is 0 Å². The molecule has 9 heteroatoms. The van der Waals surface area contributed by atoms with Gasteiger partial charge in [-0.1, -0.05) is 23.7 Å². The van der Waals surface area contributed by atoms with Crippen LogP contribution in [0.4, 0.5) is 0 Å². The van der Waals surface area contributed by atoms with E-state index in [1.54, 1.807) is 11.1 Å². The number of benzene rings is 1. The Kier molecular flexibility index (Phi) is 5.82. The Bertz CT molecular complexity index is 1230. The van der Waals surface area contributed by atoms with Crippen LogP contribution in [0, 0.1) is 0 Å². The number of nitrogens with zero attached hydrogens (tertiary/aromatic N) is 4. The topological polar surface area (TPSA) is 90.3 Å². The fourth-order valence-electron chi connectivity index (χ4n) is 3.88. The first kappa shape index (κ1) is 21.1. The van der Waals surface area contributed by atoms with Gasteiger partial charge in [-0.3, -0.25) is 18.7 Å². The van der Waals surface area contributed by atoms with Gasteiger partial charge in [0.1, 0.15) is 17.5 Å². The van der Waals surface area contributed by atoms with Crippen LogP contribution >= 0.6 is 11.6 Å². The molecule has 0 spiro atoms. The smallest absolute Gasteiger partial charge is 0.331 e. The molecule has 1 fully saturated rings. The highest BCUT2D eigenvalue weighted by Gasteiger charge is 2.33. The van der Waals surface area contributed by atoms with Crippen molar-refractivity contribution in [2.75, 3.05) is 6.54 Å². The Morgan fingerprint density at radius 1 is 1.16 bits per heavy atom. The predicted molar refractivity (Wildman–Crippen MR) is 115 cm³/mol. The monoisotopic (exact) mass is 442 g/mol. The molecule has 162 valence electrons. The van der Waals surface area contributed by atoms with Crippen LogP contribution in [0.2, 0.25) is 5.02 Å². The Morgan fingerprint density at radius 2 is 1.90 bits per heavy atom. The zero-order valence-electron chi connectivity index (χ0n) is 17.4. The predicted octanol–water partition coefficient (Wildman–Crippen LogP) is 2.68. The van der Waals surface area contributed by atoms with E-state index < -0.39 is 11.2 Å². The van der Waals surface area contributed by atoms with Crippen molar-refractivity contribution in [3.8, 4) is 0 Å². The normalized spacial score (nSPS) is 16.5. The fraction of sp³-hybridized carbons (Fsp3) is 0.364. The van der Waals surface area contributed by atoms with Crippen LogP contribution in [0.15, 0.2) is 50.5 Å². The third kappa shape index (κ3) is 4.20.